The maximum atomic E-state index is 11.2. The molecule has 0 aromatic heterocycles. The Bertz CT molecular complexity index is 252. The molecule has 1 fully saturated rings. The molecule has 0 aliphatic carbocycles. The number of Topliss-reactive ketones (excluding diaryl/α,β-unsaturated/α-hetero) is 1. The van der Waals surface area contributed by atoms with Gasteiger partial charge in [-0.15, -0.1) is 6.42 Å². The predicted octanol–water partition coefficient (Wildman–Crippen LogP) is 0.103. The Kier molecular flexibility index (Phi) is 2.49. The molecular weight excluding hydrogens is 154 g/mol. The van der Waals surface area contributed by atoms with E-state index in [1.54, 1.807) is 6.92 Å². The fourth-order valence-corrected chi connectivity index (χ4v) is 1.13. The van der Waals surface area contributed by atoms with E-state index < -0.39 is 6.04 Å². The molecule has 2 atom stereocenters. The van der Waals surface area contributed by atoms with Gasteiger partial charge in [0.2, 0.25) is 5.91 Å². The van der Waals surface area contributed by atoms with E-state index in [9.17, 15) is 9.59 Å². The van der Waals surface area contributed by atoms with Crippen LogP contribution in [0.5, 0.6) is 0 Å². The molecule has 0 spiro atoms. The molecule has 1 aliphatic heterocycles. The van der Waals surface area contributed by atoms with Crippen LogP contribution in [0.4, 0.5) is 0 Å². The van der Waals surface area contributed by atoms with Crippen LogP contribution in [0.15, 0.2) is 0 Å². The van der Waals surface area contributed by atoms with Gasteiger partial charge in [-0.3, -0.25) is 9.59 Å². The highest BCUT2D eigenvalue weighted by Crippen LogP contribution is 2.11. The molecule has 0 aromatic rings. The van der Waals surface area contributed by atoms with Gasteiger partial charge < -0.3 is 5.32 Å². The van der Waals surface area contributed by atoms with Crippen LogP contribution in [-0.4, -0.2) is 17.7 Å². The summed E-state index contributed by atoms with van der Waals surface area (Å²) in [5, 5.41) is 2.50. The first-order chi connectivity index (χ1) is 5.65. The number of nitrogens with one attached hydrogen (secondary N) is 1. The number of ketones is 1. The first-order valence-electron chi connectivity index (χ1n) is 3.94. The maximum Gasteiger partial charge on any atom is 0.224 e. The average molecular weight is 165 g/mol. The van der Waals surface area contributed by atoms with E-state index in [-0.39, 0.29) is 17.6 Å². The molecule has 0 saturated carbocycles. The van der Waals surface area contributed by atoms with Gasteiger partial charge in [-0.25, -0.2) is 0 Å². The van der Waals surface area contributed by atoms with Crippen molar-refractivity contribution in [3.63, 3.8) is 0 Å². The monoisotopic (exact) mass is 165 g/mol. The number of carbonyl (C=O) groups is 2. The highest BCUT2D eigenvalue weighted by molar-refractivity contribution is 5.94. The molecule has 3 nitrogen and oxygen atoms in total. The Morgan fingerprint density at radius 3 is 2.83 bits per heavy atom. The highest BCUT2D eigenvalue weighted by atomic mass is 16.2. The minimum absolute atomic E-state index is 0.0600. The quantitative estimate of drug-likeness (QED) is 0.517. The largest absolute Gasteiger partial charge is 0.336 e. The Morgan fingerprint density at radius 1 is 1.58 bits per heavy atom. The number of terminal acetylenes is 1. The molecular formula is C9H11NO2. The van der Waals surface area contributed by atoms with Gasteiger partial charge in [0.1, 0.15) is 6.04 Å². The smallest absolute Gasteiger partial charge is 0.224 e. The molecule has 1 heterocycles. The van der Waals surface area contributed by atoms with E-state index in [1.165, 1.54) is 0 Å². The Morgan fingerprint density at radius 2 is 2.25 bits per heavy atom. The lowest BCUT2D eigenvalue weighted by molar-refractivity contribution is -0.126. The molecule has 0 bridgehead atoms. The third kappa shape index (κ3) is 1.65. The van der Waals surface area contributed by atoms with E-state index in [4.69, 9.17) is 6.42 Å². The third-order valence-electron chi connectivity index (χ3n) is 2.05. The van der Waals surface area contributed by atoms with Gasteiger partial charge in [-0.05, 0) is 6.42 Å². The summed E-state index contributed by atoms with van der Waals surface area (Å²) in [5.41, 5.74) is 0. The summed E-state index contributed by atoms with van der Waals surface area (Å²) in [7, 11) is 0. The van der Waals surface area contributed by atoms with E-state index in [1.807, 2.05) is 0 Å². The van der Waals surface area contributed by atoms with Crippen LogP contribution in [0.2, 0.25) is 0 Å². The molecule has 1 amide bonds. The highest BCUT2D eigenvalue weighted by Gasteiger charge is 2.26. The fourth-order valence-electron chi connectivity index (χ4n) is 1.13. The first kappa shape index (κ1) is 8.79. The van der Waals surface area contributed by atoms with Gasteiger partial charge in [0.25, 0.3) is 0 Å². The second-order valence-corrected chi connectivity index (χ2v) is 3.01. The lowest BCUT2D eigenvalue weighted by Gasteiger charge is -2.08. The van der Waals surface area contributed by atoms with Gasteiger partial charge in [0.15, 0.2) is 5.78 Å². The summed E-state index contributed by atoms with van der Waals surface area (Å²) >= 11 is 0. The molecule has 1 saturated heterocycles. The van der Waals surface area contributed by atoms with E-state index >= 15 is 0 Å². The molecule has 0 radical (unpaired) electrons. The predicted molar refractivity (Wildman–Crippen MR) is 44.2 cm³/mol. The van der Waals surface area contributed by atoms with Crippen LogP contribution in [0.1, 0.15) is 19.8 Å². The number of rotatable bonds is 0. The van der Waals surface area contributed by atoms with Crippen LogP contribution < -0.4 is 5.32 Å². The van der Waals surface area contributed by atoms with Crippen molar-refractivity contribution < 1.29 is 9.59 Å². The third-order valence-corrected chi connectivity index (χ3v) is 2.05. The SMILES string of the molecule is C#CC1NC(=O)C(C)CCC1=O. The van der Waals surface area contributed by atoms with Crippen molar-refractivity contribution in [2.75, 3.05) is 0 Å². The minimum atomic E-state index is -0.706. The summed E-state index contributed by atoms with van der Waals surface area (Å²) in [6.07, 6.45) is 6.08. The Hall–Kier alpha value is -1.30. The summed E-state index contributed by atoms with van der Waals surface area (Å²) in [5.74, 6) is 1.98. The molecule has 12 heavy (non-hydrogen) atoms. The van der Waals surface area contributed by atoms with E-state index in [0.29, 0.717) is 12.8 Å². The molecule has 0 aromatic carbocycles. The Labute approximate surface area is 71.5 Å². The van der Waals surface area contributed by atoms with E-state index in [2.05, 4.69) is 11.2 Å². The zero-order chi connectivity index (χ0) is 9.14. The summed E-state index contributed by atoms with van der Waals surface area (Å²) in [6.45, 7) is 1.79. The van der Waals surface area contributed by atoms with Crippen molar-refractivity contribution in [2.45, 2.75) is 25.8 Å². The topological polar surface area (TPSA) is 46.2 Å². The fraction of sp³-hybridized carbons (Fsp3) is 0.556. The lowest BCUT2D eigenvalue weighted by Crippen LogP contribution is -2.38. The summed E-state index contributed by atoms with van der Waals surface area (Å²) in [4.78, 5) is 22.3. The van der Waals surface area contributed by atoms with Crippen molar-refractivity contribution >= 4 is 11.7 Å². The van der Waals surface area contributed by atoms with Gasteiger partial charge in [0.05, 0.1) is 0 Å². The van der Waals surface area contributed by atoms with Crippen molar-refractivity contribution in [3.8, 4) is 12.3 Å². The molecule has 1 N–H and O–H groups in total. The number of hydrogen-bond acceptors (Lipinski definition) is 2. The van der Waals surface area contributed by atoms with Gasteiger partial charge in [0, 0.05) is 12.3 Å². The van der Waals surface area contributed by atoms with Crippen LogP contribution >= 0.6 is 0 Å². The van der Waals surface area contributed by atoms with Crippen molar-refractivity contribution in [1.29, 1.82) is 0 Å². The second kappa shape index (κ2) is 3.40. The zero-order valence-corrected chi connectivity index (χ0v) is 6.96. The molecule has 1 rings (SSSR count). The van der Waals surface area contributed by atoms with Crippen LogP contribution in [0.25, 0.3) is 0 Å². The Balaban J connectivity index is 2.75. The normalized spacial score (nSPS) is 30.3. The first-order valence-corrected chi connectivity index (χ1v) is 3.94. The number of amides is 1. The lowest BCUT2D eigenvalue weighted by atomic mass is 10.0. The molecule has 64 valence electrons. The summed E-state index contributed by atoms with van der Waals surface area (Å²) < 4.78 is 0. The van der Waals surface area contributed by atoms with Crippen LogP contribution in [0, 0.1) is 18.3 Å². The average Bonchev–Trinajstić information content (AvgIpc) is 2.18. The minimum Gasteiger partial charge on any atom is -0.336 e. The standard InChI is InChI=1S/C9H11NO2/c1-3-7-8(11)5-4-6(2)9(12)10-7/h1,6-7H,4-5H2,2H3,(H,10,12). The number of carbonyl (C=O) groups excluding carboxylic acids is 2. The van der Waals surface area contributed by atoms with Gasteiger partial charge in [-0.2, -0.15) is 0 Å². The van der Waals surface area contributed by atoms with Crippen LogP contribution in [-0.2, 0) is 9.59 Å². The van der Waals surface area contributed by atoms with Crippen molar-refractivity contribution in [3.05, 3.63) is 0 Å². The van der Waals surface area contributed by atoms with Crippen molar-refractivity contribution in [2.24, 2.45) is 5.92 Å². The van der Waals surface area contributed by atoms with Gasteiger partial charge in [-0.1, -0.05) is 12.8 Å². The zero-order valence-electron chi connectivity index (χ0n) is 6.96. The van der Waals surface area contributed by atoms with E-state index in [0.717, 1.165) is 0 Å². The van der Waals surface area contributed by atoms with Crippen molar-refractivity contribution in [1.82, 2.24) is 5.32 Å². The molecule has 3 heteroatoms. The van der Waals surface area contributed by atoms with Crippen LogP contribution in [0.3, 0.4) is 0 Å². The summed E-state index contributed by atoms with van der Waals surface area (Å²) in [6, 6.07) is -0.706. The molecule has 1 aliphatic rings. The van der Waals surface area contributed by atoms with Gasteiger partial charge >= 0.3 is 0 Å². The second-order valence-electron chi connectivity index (χ2n) is 3.01. The number of hydrogen-bond donors (Lipinski definition) is 1. The molecule has 2 unspecified atom stereocenters. The maximum absolute atomic E-state index is 11.2.